The molecule has 1 N–H and O–H groups in total. The summed E-state index contributed by atoms with van der Waals surface area (Å²) >= 11 is 0. The van der Waals surface area contributed by atoms with E-state index in [0.29, 0.717) is 12.8 Å². The zero-order chi connectivity index (χ0) is 21.1. The number of benzene rings is 2. The van der Waals surface area contributed by atoms with Gasteiger partial charge in [-0.15, -0.1) is 0 Å². The van der Waals surface area contributed by atoms with Gasteiger partial charge in [-0.1, -0.05) is 81.4 Å². The van der Waals surface area contributed by atoms with E-state index in [1.165, 1.54) is 0 Å². The highest BCUT2D eigenvalue weighted by Gasteiger charge is 2.50. The molecule has 0 radical (unpaired) electrons. The van der Waals surface area contributed by atoms with Gasteiger partial charge in [-0.3, -0.25) is 0 Å². The summed E-state index contributed by atoms with van der Waals surface area (Å²) in [5.41, 5.74) is 0.0205. The second kappa shape index (κ2) is 8.69. The molecule has 3 rings (SSSR count). The molecule has 0 unspecified atom stereocenters. The summed E-state index contributed by atoms with van der Waals surface area (Å²) in [7, 11) is -5.88. The Morgan fingerprint density at radius 2 is 1.48 bits per heavy atom. The molecule has 0 aliphatic heterocycles. The average molecular weight is 435 g/mol. The smallest absolute Gasteiger partial charge is 0.272 e. The van der Waals surface area contributed by atoms with Gasteiger partial charge < -0.3 is 9.53 Å². The lowest BCUT2D eigenvalue weighted by molar-refractivity contribution is -0.229. The first-order chi connectivity index (χ1) is 13.6. The Hall–Kier alpha value is -1.51. The second-order valence-corrected chi connectivity index (χ2v) is 13.0. The Morgan fingerprint density at radius 1 is 1.00 bits per heavy atom. The number of hydrogen-bond donors (Lipinski definition) is 1. The molecule has 2 aromatic rings. The van der Waals surface area contributed by atoms with Crippen molar-refractivity contribution in [3.63, 3.8) is 0 Å². The Bertz CT molecular complexity index is 848. The molecule has 5 nitrogen and oxygen atoms in total. The number of aliphatic hydroxyl groups is 1. The van der Waals surface area contributed by atoms with Crippen molar-refractivity contribution in [2.45, 2.75) is 39.4 Å². The van der Waals surface area contributed by atoms with Gasteiger partial charge in [0, 0.05) is 12.8 Å². The van der Waals surface area contributed by atoms with Crippen molar-refractivity contribution in [1.82, 2.24) is 0 Å². The molecule has 1 saturated carbocycles. The summed E-state index contributed by atoms with van der Waals surface area (Å²) in [6.07, 6.45) is 0.671. The van der Waals surface area contributed by atoms with Gasteiger partial charge >= 0.3 is 0 Å². The maximum atomic E-state index is 12.4. The maximum Gasteiger partial charge on any atom is 0.272 e. The molecular weight excluding hydrogens is 404 g/mol. The summed E-state index contributed by atoms with van der Waals surface area (Å²) in [6.45, 7) is 6.27. The van der Waals surface area contributed by atoms with Crippen molar-refractivity contribution in [2.24, 2.45) is 11.3 Å². The minimum absolute atomic E-state index is 0.0205. The number of rotatable bonds is 8. The fourth-order valence-electron chi connectivity index (χ4n) is 3.58. The zero-order valence-corrected chi connectivity index (χ0v) is 19.2. The standard InChI is InChI=1S/C22H30O5SSi/c1-21(2,3)18-16-22(23,17-18)27-28(24,25)15-14-26-29(19-10-6-4-7-11-19)20-12-8-5-9-13-20/h4-13,18,23,29H,14-17H2,1-3H3/t18-,22-. The topological polar surface area (TPSA) is 72.8 Å². The van der Waals surface area contributed by atoms with E-state index in [0.717, 1.165) is 10.4 Å². The first-order valence-electron chi connectivity index (χ1n) is 9.95. The van der Waals surface area contributed by atoms with Gasteiger partial charge in [0.05, 0.1) is 12.4 Å². The van der Waals surface area contributed by atoms with Crippen molar-refractivity contribution >= 4 is 29.5 Å². The van der Waals surface area contributed by atoms with Crippen LogP contribution >= 0.6 is 0 Å². The van der Waals surface area contributed by atoms with Crippen LogP contribution in [0.25, 0.3) is 0 Å². The highest BCUT2D eigenvalue weighted by Crippen LogP contribution is 2.48. The first kappa shape index (κ1) is 22.2. The van der Waals surface area contributed by atoms with Gasteiger partial charge in [-0.2, -0.15) is 8.42 Å². The van der Waals surface area contributed by atoms with Gasteiger partial charge in [0.1, 0.15) is 0 Å². The quantitative estimate of drug-likeness (QED) is 0.391. The predicted molar refractivity (Wildman–Crippen MR) is 117 cm³/mol. The largest absolute Gasteiger partial charge is 0.410 e. The fourth-order valence-corrected chi connectivity index (χ4v) is 7.01. The Labute approximate surface area is 175 Å². The van der Waals surface area contributed by atoms with Crippen LogP contribution in [-0.4, -0.2) is 40.7 Å². The van der Waals surface area contributed by atoms with E-state index >= 15 is 0 Å². The molecule has 0 aromatic heterocycles. The van der Waals surface area contributed by atoms with Crippen LogP contribution in [0.15, 0.2) is 60.7 Å². The van der Waals surface area contributed by atoms with E-state index in [4.69, 9.17) is 8.61 Å². The van der Waals surface area contributed by atoms with Crippen molar-refractivity contribution in [3.05, 3.63) is 60.7 Å². The Morgan fingerprint density at radius 3 is 1.93 bits per heavy atom. The first-order valence-corrected chi connectivity index (χ1v) is 13.2. The lowest BCUT2D eigenvalue weighted by atomic mass is 9.65. The maximum absolute atomic E-state index is 12.4. The highest BCUT2D eigenvalue weighted by atomic mass is 32.2. The van der Waals surface area contributed by atoms with E-state index < -0.39 is 24.9 Å². The van der Waals surface area contributed by atoms with E-state index in [1.54, 1.807) is 0 Å². The van der Waals surface area contributed by atoms with Crippen LogP contribution in [0.2, 0.25) is 0 Å². The molecule has 1 aliphatic rings. The highest BCUT2D eigenvalue weighted by molar-refractivity contribution is 7.86. The van der Waals surface area contributed by atoms with Crippen LogP contribution < -0.4 is 10.4 Å². The van der Waals surface area contributed by atoms with Crippen LogP contribution in [-0.2, 0) is 18.7 Å². The minimum atomic E-state index is -3.88. The van der Waals surface area contributed by atoms with Gasteiger partial charge in [-0.25, -0.2) is 4.18 Å². The van der Waals surface area contributed by atoms with E-state index in [2.05, 4.69) is 20.8 Å². The van der Waals surface area contributed by atoms with E-state index in [1.807, 2.05) is 60.7 Å². The predicted octanol–water partition coefficient (Wildman–Crippen LogP) is 2.03. The summed E-state index contributed by atoms with van der Waals surface area (Å²) < 4.78 is 36.0. The minimum Gasteiger partial charge on any atom is -0.410 e. The monoisotopic (exact) mass is 434 g/mol. The molecule has 2 aromatic carbocycles. The lowest BCUT2D eigenvalue weighted by Crippen LogP contribution is -2.52. The van der Waals surface area contributed by atoms with Gasteiger partial charge in [0.15, 0.2) is 5.79 Å². The van der Waals surface area contributed by atoms with Crippen LogP contribution in [0.1, 0.15) is 33.6 Å². The van der Waals surface area contributed by atoms with Gasteiger partial charge in [0.25, 0.3) is 10.1 Å². The van der Waals surface area contributed by atoms with Crippen LogP contribution in [0.5, 0.6) is 0 Å². The van der Waals surface area contributed by atoms with Crippen LogP contribution in [0.4, 0.5) is 0 Å². The van der Waals surface area contributed by atoms with Crippen molar-refractivity contribution in [2.75, 3.05) is 12.4 Å². The van der Waals surface area contributed by atoms with Gasteiger partial charge in [0.2, 0.25) is 9.04 Å². The summed E-state index contributed by atoms with van der Waals surface area (Å²) in [4.78, 5) is 0. The number of hydrogen-bond acceptors (Lipinski definition) is 5. The summed E-state index contributed by atoms with van der Waals surface area (Å²) in [5.74, 6) is -1.61. The molecule has 7 heteroatoms. The molecule has 0 atom stereocenters. The van der Waals surface area contributed by atoms with E-state index in [-0.39, 0.29) is 23.7 Å². The molecule has 0 saturated heterocycles. The average Bonchev–Trinajstić information content (AvgIpc) is 2.63. The summed E-state index contributed by atoms with van der Waals surface area (Å²) in [5, 5.41) is 12.6. The van der Waals surface area contributed by atoms with E-state index in [9.17, 15) is 13.5 Å². The third-order valence-corrected chi connectivity index (χ3v) is 9.24. The SMILES string of the molecule is CC(C)(C)[C@H]1C[C@](O)(OS(=O)(=O)CCO[SiH](c2ccccc2)c2ccccc2)C1. The molecule has 158 valence electrons. The van der Waals surface area contributed by atoms with Crippen molar-refractivity contribution in [1.29, 1.82) is 0 Å². The molecule has 1 aliphatic carbocycles. The molecule has 0 spiro atoms. The third kappa shape index (κ3) is 5.99. The Kier molecular flexibility index (Phi) is 6.65. The van der Waals surface area contributed by atoms with Gasteiger partial charge in [-0.05, 0) is 21.7 Å². The second-order valence-electron chi connectivity index (χ2n) is 8.83. The normalized spacial score (nSPS) is 22.4. The molecule has 0 amide bonds. The van der Waals surface area contributed by atoms with Crippen molar-refractivity contribution < 1.29 is 22.1 Å². The van der Waals surface area contributed by atoms with Crippen LogP contribution in [0.3, 0.4) is 0 Å². The Balaban J connectivity index is 1.59. The fraction of sp³-hybridized carbons (Fsp3) is 0.455. The van der Waals surface area contributed by atoms with Crippen molar-refractivity contribution in [3.8, 4) is 0 Å². The molecule has 29 heavy (non-hydrogen) atoms. The molecule has 1 fully saturated rings. The molecular formula is C22H30O5SSi. The third-order valence-electron chi connectivity index (χ3n) is 5.46. The van der Waals surface area contributed by atoms with Crippen LogP contribution in [0, 0.1) is 11.3 Å². The summed E-state index contributed by atoms with van der Waals surface area (Å²) in [6, 6.07) is 19.8. The lowest BCUT2D eigenvalue weighted by Gasteiger charge is -2.48. The zero-order valence-electron chi connectivity index (χ0n) is 17.2. The molecule has 0 heterocycles. The molecule has 0 bridgehead atoms.